The Balaban J connectivity index is 2.47. The topological polar surface area (TPSA) is 35.2 Å². The van der Waals surface area contributed by atoms with Gasteiger partial charge in [0.1, 0.15) is 5.75 Å². The predicted molar refractivity (Wildman–Crippen MR) is 59.7 cm³/mol. The Labute approximate surface area is 86.1 Å². The number of hydrogen-bond acceptors (Lipinski definition) is 2. The maximum absolute atomic E-state index is 5.50. The van der Waals surface area contributed by atoms with Crippen molar-refractivity contribution in [3.8, 4) is 5.75 Å². The van der Waals surface area contributed by atoms with Crippen LogP contribution in [0, 0.1) is 0 Å². The van der Waals surface area contributed by atoms with Crippen molar-refractivity contribution in [1.82, 2.24) is 0 Å². The third kappa shape index (κ3) is 3.38. The molecule has 2 N–H and O–H groups in total. The van der Waals surface area contributed by atoms with Gasteiger partial charge in [-0.2, -0.15) is 0 Å². The van der Waals surface area contributed by atoms with Gasteiger partial charge in [-0.05, 0) is 36.6 Å². The molecule has 1 rings (SSSR count). The van der Waals surface area contributed by atoms with E-state index in [-0.39, 0.29) is 0 Å². The highest BCUT2D eigenvalue weighted by atomic mass is 16.5. The van der Waals surface area contributed by atoms with Gasteiger partial charge in [-0.1, -0.05) is 26.0 Å². The maximum Gasteiger partial charge on any atom is 0.119 e. The fourth-order valence-electron chi connectivity index (χ4n) is 1.22. The molecule has 2 heteroatoms. The Kier molecular flexibility index (Phi) is 4.47. The summed E-state index contributed by atoms with van der Waals surface area (Å²) in [5.74, 6) is 1.51. The monoisotopic (exact) mass is 193 g/mol. The fourth-order valence-corrected chi connectivity index (χ4v) is 1.22. The van der Waals surface area contributed by atoms with E-state index in [0.717, 1.165) is 12.2 Å². The van der Waals surface area contributed by atoms with E-state index in [9.17, 15) is 0 Å². The van der Waals surface area contributed by atoms with Gasteiger partial charge in [-0.15, -0.1) is 0 Å². The van der Waals surface area contributed by atoms with E-state index in [1.165, 1.54) is 5.56 Å². The van der Waals surface area contributed by atoms with Crippen LogP contribution in [0.1, 0.15) is 31.7 Å². The lowest BCUT2D eigenvalue weighted by Crippen LogP contribution is -2.06. The van der Waals surface area contributed by atoms with Crippen molar-refractivity contribution in [1.29, 1.82) is 0 Å². The first-order valence-electron chi connectivity index (χ1n) is 5.17. The molecule has 2 nitrogen and oxygen atoms in total. The molecule has 0 atom stereocenters. The van der Waals surface area contributed by atoms with Crippen molar-refractivity contribution in [2.24, 2.45) is 5.73 Å². The van der Waals surface area contributed by atoms with Gasteiger partial charge in [0.15, 0.2) is 0 Å². The zero-order valence-electron chi connectivity index (χ0n) is 8.99. The average Bonchev–Trinajstić information content (AvgIpc) is 2.19. The Bertz CT molecular complexity index is 254. The van der Waals surface area contributed by atoms with Gasteiger partial charge < -0.3 is 10.5 Å². The molecule has 78 valence electrons. The van der Waals surface area contributed by atoms with E-state index >= 15 is 0 Å². The number of benzene rings is 1. The minimum Gasteiger partial charge on any atom is -0.494 e. The Morgan fingerprint density at radius 2 is 1.86 bits per heavy atom. The summed E-state index contributed by atoms with van der Waals surface area (Å²) < 4.78 is 5.50. The van der Waals surface area contributed by atoms with Crippen LogP contribution in [0.4, 0.5) is 0 Å². The zero-order valence-corrected chi connectivity index (χ0v) is 8.99. The van der Waals surface area contributed by atoms with E-state index < -0.39 is 0 Å². The molecule has 0 aliphatic rings. The van der Waals surface area contributed by atoms with Gasteiger partial charge in [-0.3, -0.25) is 0 Å². The molecule has 0 saturated heterocycles. The molecule has 0 aliphatic carbocycles. The summed E-state index contributed by atoms with van der Waals surface area (Å²) in [5.41, 5.74) is 6.72. The van der Waals surface area contributed by atoms with Crippen LogP contribution in [0.15, 0.2) is 24.3 Å². The summed E-state index contributed by atoms with van der Waals surface area (Å²) in [6.45, 7) is 5.76. The molecule has 0 aliphatic heterocycles. The fraction of sp³-hybridized carbons (Fsp3) is 0.500. The van der Waals surface area contributed by atoms with Crippen LogP contribution >= 0.6 is 0 Å². The Hall–Kier alpha value is -1.02. The number of hydrogen-bond donors (Lipinski definition) is 1. The molecule has 0 saturated carbocycles. The third-order valence-corrected chi connectivity index (χ3v) is 2.16. The second-order valence-corrected chi connectivity index (χ2v) is 3.71. The molecule has 0 aromatic heterocycles. The summed E-state index contributed by atoms with van der Waals surface area (Å²) >= 11 is 0. The predicted octanol–water partition coefficient (Wildman–Crippen LogP) is 2.54. The third-order valence-electron chi connectivity index (χ3n) is 2.16. The molecule has 0 unspecified atom stereocenters. The smallest absolute Gasteiger partial charge is 0.119 e. The summed E-state index contributed by atoms with van der Waals surface area (Å²) in [6.07, 6.45) is 0.909. The molecule has 0 radical (unpaired) electrons. The van der Waals surface area contributed by atoms with Crippen LogP contribution in [0.25, 0.3) is 0 Å². The lowest BCUT2D eigenvalue weighted by molar-refractivity contribution is 0.313. The van der Waals surface area contributed by atoms with Crippen LogP contribution < -0.4 is 10.5 Å². The number of nitrogens with two attached hydrogens (primary N) is 1. The number of ether oxygens (including phenoxy) is 1. The van der Waals surface area contributed by atoms with Crippen molar-refractivity contribution in [3.05, 3.63) is 29.8 Å². The molecule has 0 spiro atoms. The largest absolute Gasteiger partial charge is 0.494 e. The normalized spacial score (nSPS) is 10.6. The molecule has 1 aromatic rings. The molecule has 0 heterocycles. The van der Waals surface area contributed by atoms with Crippen molar-refractivity contribution < 1.29 is 4.74 Å². The lowest BCUT2D eigenvalue weighted by atomic mass is 10.0. The second kappa shape index (κ2) is 5.66. The van der Waals surface area contributed by atoms with Gasteiger partial charge in [0.25, 0.3) is 0 Å². The summed E-state index contributed by atoms with van der Waals surface area (Å²) in [6, 6.07) is 8.27. The molecule has 0 amide bonds. The van der Waals surface area contributed by atoms with Crippen LogP contribution in [-0.4, -0.2) is 13.2 Å². The standard InChI is InChI=1S/C12H19NO/c1-10(2)11-4-6-12(7-5-11)14-9-3-8-13/h4-7,10H,3,8-9,13H2,1-2H3. The first-order chi connectivity index (χ1) is 6.74. The van der Waals surface area contributed by atoms with Crippen LogP contribution in [0.2, 0.25) is 0 Å². The van der Waals surface area contributed by atoms with Gasteiger partial charge in [0.05, 0.1) is 6.61 Å². The van der Waals surface area contributed by atoms with Crippen LogP contribution in [0.3, 0.4) is 0 Å². The molecule has 0 fully saturated rings. The first kappa shape index (κ1) is 11.1. The van der Waals surface area contributed by atoms with Gasteiger partial charge >= 0.3 is 0 Å². The van der Waals surface area contributed by atoms with E-state index in [0.29, 0.717) is 19.1 Å². The highest BCUT2D eigenvalue weighted by molar-refractivity contribution is 5.28. The Morgan fingerprint density at radius 3 is 2.36 bits per heavy atom. The van der Waals surface area contributed by atoms with E-state index in [1.807, 2.05) is 12.1 Å². The second-order valence-electron chi connectivity index (χ2n) is 3.71. The summed E-state index contributed by atoms with van der Waals surface area (Å²) in [4.78, 5) is 0. The first-order valence-corrected chi connectivity index (χ1v) is 5.17. The highest BCUT2D eigenvalue weighted by Gasteiger charge is 1.98. The van der Waals surface area contributed by atoms with Crippen molar-refractivity contribution >= 4 is 0 Å². The lowest BCUT2D eigenvalue weighted by Gasteiger charge is -2.08. The van der Waals surface area contributed by atoms with Gasteiger partial charge in [-0.25, -0.2) is 0 Å². The molecule has 14 heavy (non-hydrogen) atoms. The minimum absolute atomic E-state index is 0.577. The van der Waals surface area contributed by atoms with E-state index in [4.69, 9.17) is 10.5 Å². The van der Waals surface area contributed by atoms with E-state index in [1.54, 1.807) is 0 Å². The Morgan fingerprint density at radius 1 is 1.21 bits per heavy atom. The number of rotatable bonds is 5. The van der Waals surface area contributed by atoms with Crippen molar-refractivity contribution in [2.45, 2.75) is 26.2 Å². The molecular weight excluding hydrogens is 174 g/mol. The van der Waals surface area contributed by atoms with Crippen LogP contribution in [0.5, 0.6) is 5.75 Å². The van der Waals surface area contributed by atoms with Gasteiger partial charge in [0, 0.05) is 0 Å². The zero-order chi connectivity index (χ0) is 10.4. The van der Waals surface area contributed by atoms with Gasteiger partial charge in [0.2, 0.25) is 0 Å². The molecule has 0 bridgehead atoms. The quantitative estimate of drug-likeness (QED) is 0.729. The summed E-state index contributed by atoms with van der Waals surface area (Å²) in [7, 11) is 0. The maximum atomic E-state index is 5.50. The summed E-state index contributed by atoms with van der Waals surface area (Å²) in [5, 5.41) is 0. The van der Waals surface area contributed by atoms with Crippen molar-refractivity contribution in [3.63, 3.8) is 0 Å². The molecular formula is C12H19NO. The average molecular weight is 193 g/mol. The SMILES string of the molecule is CC(C)c1ccc(OCCCN)cc1. The highest BCUT2D eigenvalue weighted by Crippen LogP contribution is 2.18. The molecule has 1 aromatic carbocycles. The van der Waals surface area contributed by atoms with E-state index in [2.05, 4.69) is 26.0 Å². The van der Waals surface area contributed by atoms with Crippen molar-refractivity contribution in [2.75, 3.05) is 13.2 Å². The minimum atomic E-state index is 0.577. The van der Waals surface area contributed by atoms with Crippen LogP contribution in [-0.2, 0) is 0 Å².